The molecule has 0 fully saturated rings. The summed E-state index contributed by atoms with van der Waals surface area (Å²) in [5.41, 5.74) is 7.74. The third-order valence-electron chi connectivity index (χ3n) is 2.42. The van der Waals surface area contributed by atoms with E-state index < -0.39 is 0 Å². The van der Waals surface area contributed by atoms with E-state index >= 15 is 0 Å². The molecular formula is C12H9N3O2. The number of hydrogen-bond donors (Lipinski definition) is 2. The van der Waals surface area contributed by atoms with Crippen molar-refractivity contribution in [2.45, 2.75) is 0 Å². The van der Waals surface area contributed by atoms with Crippen LogP contribution in [-0.2, 0) is 0 Å². The summed E-state index contributed by atoms with van der Waals surface area (Å²) in [6, 6.07) is 8.26. The first-order valence-electron chi connectivity index (χ1n) is 5.04. The average molecular weight is 227 g/mol. The van der Waals surface area contributed by atoms with Gasteiger partial charge in [-0.1, -0.05) is 0 Å². The van der Waals surface area contributed by atoms with Gasteiger partial charge in [0.1, 0.15) is 5.75 Å². The number of benzene rings is 1. The minimum atomic E-state index is 0.0748. The van der Waals surface area contributed by atoms with E-state index in [2.05, 4.69) is 9.97 Å². The van der Waals surface area contributed by atoms with Gasteiger partial charge in [0.15, 0.2) is 11.2 Å². The van der Waals surface area contributed by atoms with Crippen LogP contribution >= 0.6 is 0 Å². The summed E-state index contributed by atoms with van der Waals surface area (Å²) in [5.74, 6) is 0.384. The number of aromatic nitrogens is 2. The molecule has 1 aromatic carbocycles. The predicted molar refractivity (Wildman–Crippen MR) is 63.3 cm³/mol. The lowest BCUT2D eigenvalue weighted by Crippen LogP contribution is -1.86. The number of oxazole rings is 1. The zero-order chi connectivity index (χ0) is 11.8. The van der Waals surface area contributed by atoms with Crippen LogP contribution in [0.5, 0.6) is 5.75 Å². The molecule has 3 N–H and O–H groups in total. The molecule has 0 bridgehead atoms. The quantitative estimate of drug-likeness (QED) is 0.491. The molecule has 17 heavy (non-hydrogen) atoms. The molecule has 0 amide bonds. The summed E-state index contributed by atoms with van der Waals surface area (Å²) in [6.45, 7) is 0. The molecule has 0 aliphatic rings. The van der Waals surface area contributed by atoms with Crippen LogP contribution in [-0.4, -0.2) is 15.1 Å². The Morgan fingerprint density at radius 1 is 1.24 bits per heavy atom. The van der Waals surface area contributed by atoms with Gasteiger partial charge in [0.2, 0.25) is 5.89 Å². The second-order valence-corrected chi connectivity index (χ2v) is 3.62. The third kappa shape index (κ3) is 1.57. The van der Waals surface area contributed by atoms with E-state index in [0.717, 1.165) is 0 Å². The predicted octanol–water partition coefficient (Wildman–Crippen LogP) is 2.18. The molecule has 0 atom stereocenters. The lowest BCUT2D eigenvalue weighted by Gasteiger charge is -2.00. The Bertz CT molecular complexity index is 658. The van der Waals surface area contributed by atoms with Crippen molar-refractivity contribution in [2.75, 3.05) is 5.73 Å². The number of hydrogen-bond acceptors (Lipinski definition) is 5. The molecule has 0 saturated carbocycles. The van der Waals surface area contributed by atoms with Crippen molar-refractivity contribution in [2.24, 2.45) is 0 Å². The number of nitrogens with zero attached hydrogens (tertiary/aromatic N) is 2. The molecule has 2 heterocycles. The molecule has 5 nitrogen and oxygen atoms in total. The fraction of sp³-hybridized carbons (Fsp3) is 0. The molecule has 3 aromatic rings. The summed E-state index contributed by atoms with van der Waals surface area (Å²) in [7, 11) is 0. The maximum Gasteiger partial charge on any atom is 0.232 e. The van der Waals surface area contributed by atoms with Crippen molar-refractivity contribution in [3.63, 3.8) is 0 Å². The van der Waals surface area contributed by atoms with Crippen molar-refractivity contribution in [3.05, 3.63) is 36.5 Å². The molecule has 3 rings (SSSR count). The molecule has 0 radical (unpaired) electrons. The Labute approximate surface area is 96.5 Å². The highest BCUT2D eigenvalue weighted by atomic mass is 16.4. The van der Waals surface area contributed by atoms with Crippen molar-refractivity contribution >= 4 is 16.9 Å². The van der Waals surface area contributed by atoms with Gasteiger partial charge in [0.05, 0.1) is 5.56 Å². The number of phenols is 1. The minimum Gasteiger partial charge on any atom is -0.507 e. The van der Waals surface area contributed by atoms with E-state index in [4.69, 9.17) is 10.2 Å². The SMILES string of the molecule is Nc1ccc(O)c(-c2nc3ncccc3o2)c1. The Hall–Kier alpha value is -2.56. The fourth-order valence-corrected chi connectivity index (χ4v) is 1.61. The van der Waals surface area contributed by atoms with Gasteiger partial charge in [-0.15, -0.1) is 0 Å². The van der Waals surface area contributed by atoms with Crippen LogP contribution < -0.4 is 5.73 Å². The summed E-state index contributed by atoms with van der Waals surface area (Å²) in [5, 5.41) is 9.74. The van der Waals surface area contributed by atoms with Gasteiger partial charge in [0.25, 0.3) is 0 Å². The van der Waals surface area contributed by atoms with E-state index in [9.17, 15) is 5.11 Å². The standard InChI is InChI=1S/C12H9N3O2/c13-7-3-4-9(16)8(6-7)12-15-11-10(17-12)2-1-5-14-11/h1-6,16H,13H2. The monoisotopic (exact) mass is 227 g/mol. The zero-order valence-electron chi connectivity index (χ0n) is 8.79. The van der Waals surface area contributed by atoms with Crippen molar-refractivity contribution in [1.29, 1.82) is 0 Å². The summed E-state index contributed by atoms with van der Waals surface area (Å²) in [4.78, 5) is 8.25. The van der Waals surface area contributed by atoms with Gasteiger partial charge in [-0.2, -0.15) is 4.98 Å². The molecule has 0 aliphatic carbocycles. The Morgan fingerprint density at radius 3 is 2.94 bits per heavy atom. The van der Waals surface area contributed by atoms with Crippen LogP contribution in [0.25, 0.3) is 22.7 Å². The number of nitrogen functional groups attached to an aromatic ring is 1. The topological polar surface area (TPSA) is 85.2 Å². The molecule has 0 saturated heterocycles. The Morgan fingerprint density at radius 2 is 2.12 bits per heavy atom. The lowest BCUT2D eigenvalue weighted by molar-refractivity contribution is 0.474. The Kier molecular flexibility index (Phi) is 1.98. The highest BCUT2D eigenvalue weighted by Gasteiger charge is 2.12. The number of phenolic OH excluding ortho intramolecular Hbond substituents is 1. The van der Waals surface area contributed by atoms with E-state index in [0.29, 0.717) is 28.4 Å². The number of pyridine rings is 1. The summed E-state index contributed by atoms with van der Waals surface area (Å²) < 4.78 is 5.50. The minimum absolute atomic E-state index is 0.0748. The average Bonchev–Trinajstić information content (AvgIpc) is 2.75. The van der Waals surface area contributed by atoms with Crippen LogP contribution in [0.15, 0.2) is 40.9 Å². The van der Waals surface area contributed by atoms with E-state index in [1.807, 2.05) is 0 Å². The number of rotatable bonds is 1. The van der Waals surface area contributed by atoms with Crippen molar-refractivity contribution in [1.82, 2.24) is 9.97 Å². The van der Waals surface area contributed by atoms with Crippen LogP contribution in [0.4, 0.5) is 5.69 Å². The second kappa shape index (κ2) is 3.48. The van der Waals surface area contributed by atoms with Gasteiger partial charge >= 0.3 is 0 Å². The van der Waals surface area contributed by atoms with Crippen molar-refractivity contribution < 1.29 is 9.52 Å². The van der Waals surface area contributed by atoms with Crippen LogP contribution in [0.3, 0.4) is 0 Å². The first-order chi connectivity index (χ1) is 8.24. The number of anilines is 1. The van der Waals surface area contributed by atoms with E-state index in [1.165, 1.54) is 6.07 Å². The second-order valence-electron chi connectivity index (χ2n) is 3.62. The first kappa shape index (κ1) is 9.65. The van der Waals surface area contributed by atoms with Crippen LogP contribution in [0.1, 0.15) is 0 Å². The highest BCUT2D eigenvalue weighted by molar-refractivity contribution is 5.75. The van der Waals surface area contributed by atoms with Crippen LogP contribution in [0, 0.1) is 0 Å². The van der Waals surface area contributed by atoms with Gasteiger partial charge in [-0.05, 0) is 30.3 Å². The molecule has 0 aliphatic heterocycles. The number of nitrogens with two attached hydrogens (primary N) is 1. The normalized spacial score (nSPS) is 10.8. The zero-order valence-corrected chi connectivity index (χ0v) is 8.79. The van der Waals surface area contributed by atoms with Crippen LogP contribution in [0.2, 0.25) is 0 Å². The van der Waals surface area contributed by atoms with Gasteiger partial charge in [-0.25, -0.2) is 4.98 Å². The van der Waals surface area contributed by atoms with E-state index in [-0.39, 0.29) is 5.75 Å². The van der Waals surface area contributed by atoms with Gasteiger partial charge < -0.3 is 15.3 Å². The highest BCUT2D eigenvalue weighted by Crippen LogP contribution is 2.31. The fourth-order valence-electron chi connectivity index (χ4n) is 1.61. The molecule has 2 aromatic heterocycles. The summed E-state index contributed by atoms with van der Waals surface area (Å²) >= 11 is 0. The molecule has 0 spiro atoms. The molecule has 0 unspecified atom stereocenters. The largest absolute Gasteiger partial charge is 0.507 e. The van der Waals surface area contributed by atoms with Gasteiger partial charge in [-0.3, -0.25) is 0 Å². The van der Waals surface area contributed by atoms with E-state index in [1.54, 1.807) is 30.5 Å². The maximum atomic E-state index is 9.74. The lowest BCUT2D eigenvalue weighted by atomic mass is 10.2. The van der Waals surface area contributed by atoms with Crippen molar-refractivity contribution in [3.8, 4) is 17.2 Å². The molecular weight excluding hydrogens is 218 g/mol. The van der Waals surface area contributed by atoms with Gasteiger partial charge in [0, 0.05) is 11.9 Å². The Balaban J connectivity index is 2.23. The molecule has 84 valence electrons. The maximum absolute atomic E-state index is 9.74. The summed E-state index contributed by atoms with van der Waals surface area (Å²) in [6.07, 6.45) is 1.63. The number of fused-ring (bicyclic) bond motifs is 1. The third-order valence-corrected chi connectivity index (χ3v) is 2.42. The first-order valence-corrected chi connectivity index (χ1v) is 5.04. The molecule has 5 heteroatoms. The smallest absolute Gasteiger partial charge is 0.232 e. The number of aromatic hydroxyl groups is 1.